The van der Waals surface area contributed by atoms with Crippen molar-refractivity contribution in [2.24, 2.45) is 0 Å². The monoisotopic (exact) mass is 323 g/mol. The number of hydrogen-bond acceptors (Lipinski definition) is 4. The molecule has 0 radical (unpaired) electrons. The van der Waals surface area contributed by atoms with E-state index < -0.39 is 11.5 Å². The summed E-state index contributed by atoms with van der Waals surface area (Å²) >= 11 is 0. The van der Waals surface area contributed by atoms with Crippen molar-refractivity contribution in [2.45, 2.75) is 13.5 Å². The highest BCUT2D eigenvalue weighted by molar-refractivity contribution is 5.93. The summed E-state index contributed by atoms with van der Waals surface area (Å²) in [5, 5.41) is 0.711. The molecule has 1 aromatic heterocycles. The van der Waals surface area contributed by atoms with E-state index in [4.69, 9.17) is 9.47 Å². The fourth-order valence-corrected chi connectivity index (χ4v) is 2.38. The topological polar surface area (TPSA) is 68.4 Å². The zero-order valence-corrected chi connectivity index (χ0v) is 13.2. The molecule has 2 aromatic carbocycles. The Kier molecular flexibility index (Phi) is 4.61. The number of H-pyrrole nitrogens is 1. The Balaban J connectivity index is 1.87. The van der Waals surface area contributed by atoms with Crippen molar-refractivity contribution in [3.8, 4) is 5.75 Å². The van der Waals surface area contributed by atoms with Gasteiger partial charge >= 0.3 is 5.97 Å². The van der Waals surface area contributed by atoms with Crippen LogP contribution < -0.4 is 10.3 Å². The van der Waals surface area contributed by atoms with Gasteiger partial charge in [0.15, 0.2) is 0 Å². The SMILES string of the molecule is CCOC(=O)c1cc2cc(OCc3ccccc3)ccc2[nH]c1=O. The number of carbonyl (C=O) groups is 1. The largest absolute Gasteiger partial charge is 0.489 e. The van der Waals surface area contributed by atoms with Crippen molar-refractivity contribution in [3.63, 3.8) is 0 Å². The number of nitrogens with one attached hydrogen (secondary N) is 1. The number of aromatic nitrogens is 1. The van der Waals surface area contributed by atoms with Crippen molar-refractivity contribution in [3.05, 3.63) is 76.1 Å². The van der Waals surface area contributed by atoms with Crippen molar-refractivity contribution >= 4 is 16.9 Å². The molecular weight excluding hydrogens is 306 g/mol. The van der Waals surface area contributed by atoms with Crippen LogP contribution in [0.3, 0.4) is 0 Å². The third-order valence-electron chi connectivity index (χ3n) is 3.56. The first-order valence-corrected chi connectivity index (χ1v) is 7.68. The van der Waals surface area contributed by atoms with Gasteiger partial charge in [-0.25, -0.2) is 4.79 Å². The first-order chi connectivity index (χ1) is 11.7. The first-order valence-electron chi connectivity index (χ1n) is 7.68. The molecule has 1 N–H and O–H groups in total. The highest BCUT2D eigenvalue weighted by Crippen LogP contribution is 2.20. The third kappa shape index (κ3) is 3.46. The van der Waals surface area contributed by atoms with Gasteiger partial charge in [-0.3, -0.25) is 4.79 Å². The van der Waals surface area contributed by atoms with Crippen LogP contribution in [0.5, 0.6) is 5.75 Å². The van der Waals surface area contributed by atoms with E-state index in [1.54, 1.807) is 25.1 Å². The minimum absolute atomic E-state index is 0.00967. The molecule has 0 aliphatic rings. The number of fused-ring (bicyclic) bond motifs is 1. The lowest BCUT2D eigenvalue weighted by atomic mass is 10.1. The average molecular weight is 323 g/mol. The minimum Gasteiger partial charge on any atom is -0.489 e. The molecule has 0 aliphatic heterocycles. The minimum atomic E-state index is -0.628. The molecule has 0 spiro atoms. The van der Waals surface area contributed by atoms with E-state index in [-0.39, 0.29) is 12.2 Å². The molecule has 0 amide bonds. The Labute approximate surface area is 138 Å². The Bertz CT molecular complexity index is 916. The summed E-state index contributed by atoms with van der Waals surface area (Å²) in [4.78, 5) is 26.5. The molecule has 122 valence electrons. The molecule has 3 rings (SSSR count). The third-order valence-corrected chi connectivity index (χ3v) is 3.56. The highest BCUT2D eigenvalue weighted by atomic mass is 16.5. The van der Waals surface area contributed by atoms with Crippen LogP contribution in [0, 0.1) is 0 Å². The average Bonchev–Trinajstić information content (AvgIpc) is 2.60. The van der Waals surface area contributed by atoms with Gasteiger partial charge in [0.1, 0.15) is 17.9 Å². The summed E-state index contributed by atoms with van der Waals surface area (Å²) in [6.07, 6.45) is 0. The van der Waals surface area contributed by atoms with Crippen LogP contribution in [-0.4, -0.2) is 17.6 Å². The van der Waals surface area contributed by atoms with Gasteiger partial charge in [0.2, 0.25) is 0 Å². The van der Waals surface area contributed by atoms with Crippen LogP contribution in [0.2, 0.25) is 0 Å². The quantitative estimate of drug-likeness (QED) is 0.732. The molecule has 0 saturated carbocycles. The number of hydrogen-bond donors (Lipinski definition) is 1. The zero-order valence-electron chi connectivity index (χ0n) is 13.2. The molecule has 24 heavy (non-hydrogen) atoms. The van der Waals surface area contributed by atoms with Gasteiger partial charge < -0.3 is 14.5 Å². The van der Waals surface area contributed by atoms with Crippen molar-refractivity contribution in [1.29, 1.82) is 0 Å². The molecular formula is C19H17NO4. The normalized spacial score (nSPS) is 10.5. The van der Waals surface area contributed by atoms with E-state index in [1.807, 2.05) is 30.3 Å². The maximum Gasteiger partial charge on any atom is 0.343 e. The van der Waals surface area contributed by atoms with Crippen LogP contribution in [0.1, 0.15) is 22.8 Å². The van der Waals surface area contributed by atoms with Gasteiger partial charge in [-0.05, 0) is 36.8 Å². The number of aromatic amines is 1. The first kappa shape index (κ1) is 15.8. The second kappa shape index (κ2) is 7.00. The lowest BCUT2D eigenvalue weighted by Gasteiger charge is -2.08. The summed E-state index contributed by atoms with van der Waals surface area (Å²) < 4.78 is 10.7. The van der Waals surface area contributed by atoms with E-state index >= 15 is 0 Å². The fraction of sp³-hybridized carbons (Fsp3) is 0.158. The number of esters is 1. The molecule has 3 aromatic rings. The Morgan fingerprint density at radius 1 is 1.08 bits per heavy atom. The molecule has 0 saturated heterocycles. The van der Waals surface area contributed by atoms with Gasteiger partial charge in [0, 0.05) is 10.9 Å². The maximum absolute atomic E-state index is 12.0. The molecule has 0 atom stereocenters. The Morgan fingerprint density at radius 3 is 2.62 bits per heavy atom. The summed E-state index contributed by atoms with van der Waals surface area (Å²) in [6, 6.07) is 16.7. The summed E-state index contributed by atoms with van der Waals surface area (Å²) in [6.45, 7) is 2.36. The van der Waals surface area contributed by atoms with Crippen LogP contribution in [-0.2, 0) is 11.3 Å². The zero-order chi connectivity index (χ0) is 16.9. The van der Waals surface area contributed by atoms with Crippen molar-refractivity contribution in [1.82, 2.24) is 4.98 Å². The predicted octanol–water partition coefficient (Wildman–Crippen LogP) is 3.28. The van der Waals surface area contributed by atoms with E-state index in [0.717, 1.165) is 5.56 Å². The number of carbonyl (C=O) groups excluding carboxylic acids is 1. The summed E-state index contributed by atoms with van der Waals surface area (Å²) in [5.74, 6) is 0.0319. The van der Waals surface area contributed by atoms with Gasteiger partial charge in [-0.2, -0.15) is 0 Å². The lowest BCUT2D eigenvalue weighted by Crippen LogP contribution is -2.19. The van der Waals surface area contributed by atoms with E-state index in [1.165, 1.54) is 6.07 Å². The predicted molar refractivity (Wildman–Crippen MR) is 91.3 cm³/mol. The molecule has 5 heteroatoms. The van der Waals surface area contributed by atoms with Crippen LogP contribution in [0.4, 0.5) is 0 Å². The van der Waals surface area contributed by atoms with Crippen molar-refractivity contribution < 1.29 is 14.3 Å². The number of rotatable bonds is 5. The number of pyridine rings is 1. The highest BCUT2D eigenvalue weighted by Gasteiger charge is 2.13. The van der Waals surface area contributed by atoms with Gasteiger partial charge in [0.05, 0.1) is 6.61 Å². The molecule has 0 fully saturated rings. The van der Waals surface area contributed by atoms with Crippen molar-refractivity contribution in [2.75, 3.05) is 6.61 Å². The molecule has 5 nitrogen and oxygen atoms in total. The molecule has 0 aliphatic carbocycles. The second-order valence-corrected chi connectivity index (χ2v) is 5.26. The fourth-order valence-electron chi connectivity index (χ4n) is 2.38. The lowest BCUT2D eigenvalue weighted by molar-refractivity contribution is 0.0524. The molecule has 1 heterocycles. The molecule has 0 bridgehead atoms. The Morgan fingerprint density at radius 2 is 1.88 bits per heavy atom. The standard InChI is InChI=1S/C19H17NO4/c1-2-23-19(22)16-11-14-10-15(8-9-17(14)20-18(16)21)24-12-13-6-4-3-5-7-13/h3-11H,2,12H2,1H3,(H,20,21). The van der Waals surface area contributed by atoms with Crippen LogP contribution >= 0.6 is 0 Å². The summed E-state index contributed by atoms with van der Waals surface area (Å²) in [5.41, 5.74) is 1.23. The number of benzene rings is 2. The van der Waals surface area contributed by atoms with Gasteiger partial charge in [0.25, 0.3) is 5.56 Å². The Hall–Kier alpha value is -3.08. The summed E-state index contributed by atoms with van der Waals surface area (Å²) in [7, 11) is 0. The van der Waals surface area contributed by atoms with Gasteiger partial charge in [-0.1, -0.05) is 30.3 Å². The van der Waals surface area contributed by atoms with E-state index in [9.17, 15) is 9.59 Å². The van der Waals surface area contributed by atoms with E-state index in [0.29, 0.717) is 23.3 Å². The van der Waals surface area contributed by atoms with Crippen LogP contribution in [0.15, 0.2) is 59.4 Å². The second-order valence-electron chi connectivity index (χ2n) is 5.26. The van der Waals surface area contributed by atoms with Crippen LogP contribution in [0.25, 0.3) is 10.9 Å². The van der Waals surface area contributed by atoms with E-state index in [2.05, 4.69) is 4.98 Å². The maximum atomic E-state index is 12.0. The molecule has 0 unspecified atom stereocenters. The van der Waals surface area contributed by atoms with Gasteiger partial charge in [-0.15, -0.1) is 0 Å². The number of ether oxygens (including phenoxy) is 2. The smallest absolute Gasteiger partial charge is 0.343 e.